The molecule has 2 aromatic rings. The highest BCUT2D eigenvalue weighted by Gasteiger charge is 2.25. The Morgan fingerprint density at radius 2 is 2.30 bits per heavy atom. The normalized spacial score (nSPS) is 23.9. The molecule has 1 fully saturated rings. The molecule has 0 aliphatic carbocycles. The minimum absolute atomic E-state index is 0.379. The van der Waals surface area contributed by atoms with E-state index in [1.54, 1.807) is 6.20 Å². The molecule has 2 aromatic heterocycles. The van der Waals surface area contributed by atoms with E-state index in [-0.39, 0.29) is 0 Å². The Kier molecular flexibility index (Phi) is 3.41. The predicted octanol–water partition coefficient (Wildman–Crippen LogP) is 0.391. The number of likely N-dealkylation sites (tertiary alicyclic amines) is 1. The third-order valence-electron chi connectivity index (χ3n) is 3.87. The van der Waals surface area contributed by atoms with Crippen molar-refractivity contribution in [1.82, 2.24) is 25.1 Å². The Bertz CT molecular complexity index is 594. The number of hydrogen-bond acceptors (Lipinski definition) is 7. The third-order valence-corrected chi connectivity index (χ3v) is 3.87. The van der Waals surface area contributed by atoms with Crippen molar-refractivity contribution < 1.29 is 0 Å². The SMILES string of the molecule is CC1CN(C)CCC1Nc1nc(NN)nc2[nH]ncc12. The van der Waals surface area contributed by atoms with Crippen molar-refractivity contribution in [2.24, 2.45) is 11.8 Å². The molecule has 0 spiro atoms. The maximum atomic E-state index is 5.41. The van der Waals surface area contributed by atoms with Gasteiger partial charge in [0.15, 0.2) is 5.65 Å². The highest BCUT2D eigenvalue weighted by atomic mass is 15.3. The Hall–Kier alpha value is -1.93. The van der Waals surface area contributed by atoms with Crippen LogP contribution in [0.15, 0.2) is 6.20 Å². The van der Waals surface area contributed by atoms with Crippen molar-refractivity contribution in [3.05, 3.63) is 6.20 Å². The van der Waals surface area contributed by atoms with Gasteiger partial charge in [0.05, 0.1) is 11.6 Å². The lowest BCUT2D eigenvalue weighted by atomic mass is 9.94. The van der Waals surface area contributed by atoms with E-state index in [4.69, 9.17) is 5.84 Å². The van der Waals surface area contributed by atoms with E-state index >= 15 is 0 Å². The minimum Gasteiger partial charge on any atom is -0.366 e. The molecule has 3 heterocycles. The first kappa shape index (κ1) is 13.1. The molecule has 1 saturated heterocycles. The summed E-state index contributed by atoms with van der Waals surface area (Å²) in [4.78, 5) is 11.0. The number of nitrogens with zero attached hydrogens (tertiary/aromatic N) is 4. The van der Waals surface area contributed by atoms with Crippen LogP contribution in [-0.4, -0.2) is 51.2 Å². The summed E-state index contributed by atoms with van der Waals surface area (Å²) in [6.07, 6.45) is 2.82. The number of anilines is 2. The van der Waals surface area contributed by atoms with Gasteiger partial charge in [0.25, 0.3) is 0 Å². The van der Waals surface area contributed by atoms with Crippen LogP contribution in [0.2, 0.25) is 0 Å². The number of piperidine rings is 1. The molecule has 5 N–H and O–H groups in total. The van der Waals surface area contributed by atoms with Crippen LogP contribution in [0.25, 0.3) is 11.0 Å². The van der Waals surface area contributed by atoms with Crippen LogP contribution in [0.5, 0.6) is 0 Å². The summed E-state index contributed by atoms with van der Waals surface area (Å²) >= 11 is 0. The first-order chi connectivity index (χ1) is 9.67. The lowest BCUT2D eigenvalue weighted by Crippen LogP contribution is -2.43. The molecule has 2 atom stereocenters. The van der Waals surface area contributed by atoms with Gasteiger partial charge in [-0.05, 0) is 25.9 Å². The summed E-state index contributed by atoms with van der Waals surface area (Å²) in [5.74, 6) is 7.12. The smallest absolute Gasteiger partial charge is 0.241 e. The molecule has 0 radical (unpaired) electrons. The van der Waals surface area contributed by atoms with Gasteiger partial charge in [-0.3, -0.25) is 10.5 Å². The number of nitrogens with two attached hydrogens (primary N) is 1. The Morgan fingerprint density at radius 1 is 1.45 bits per heavy atom. The molecule has 0 bridgehead atoms. The molecule has 8 heteroatoms. The lowest BCUT2D eigenvalue weighted by Gasteiger charge is -2.35. The minimum atomic E-state index is 0.379. The van der Waals surface area contributed by atoms with Crippen LogP contribution >= 0.6 is 0 Å². The van der Waals surface area contributed by atoms with Crippen molar-refractivity contribution in [2.45, 2.75) is 19.4 Å². The van der Waals surface area contributed by atoms with Crippen molar-refractivity contribution in [2.75, 3.05) is 30.9 Å². The fourth-order valence-corrected chi connectivity index (χ4v) is 2.75. The first-order valence-corrected chi connectivity index (χ1v) is 6.80. The molecular formula is C12H20N8. The number of aromatic amines is 1. The van der Waals surface area contributed by atoms with Gasteiger partial charge in [-0.2, -0.15) is 15.1 Å². The zero-order valence-electron chi connectivity index (χ0n) is 11.7. The standard InChI is InChI=1S/C12H20N8/c1-7-6-20(2)4-3-9(7)15-10-8-5-14-19-11(8)17-12(16-10)18-13/h5,7,9H,3-4,6,13H2,1-2H3,(H3,14,15,16,17,18,19). The molecule has 3 rings (SSSR count). The molecule has 108 valence electrons. The number of hydrazine groups is 1. The molecule has 1 aliphatic rings. The monoisotopic (exact) mass is 276 g/mol. The predicted molar refractivity (Wildman–Crippen MR) is 78.2 cm³/mol. The lowest BCUT2D eigenvalue weighted by molar-refractivity contribution is 0.206. The average Bonchev–Trinajstić information content (AvgIpc) is 2.90. The van der Waals surface area contributed by atoms with Crippen LogP contribution in [0.3, 0.4) is 0 Å². The third kappa shape index (κ3) is 2.39. The Labute approximate surface area is 117 Å². The highest BCUT2D eigenvalue weighted by Crippen LogP contribution is 2.24. The molecule has 8 nitrogen and oxygen atoms in total. The van der Waals surface area contributed by atoms with Crippen LogP contribution in [0, 0.1) is 5.92 Å². The van der Waals surface area contributed by atoms with E-state index in [1.807, 2.05) is 0 Å². The topological polar surface area (TPSA) is 108 Å². The molecule has 0 saturated carbocycles. The largest absolute Gasteiger partial charge is 0.366 e. The van der Waals surface area contributed by atoms with Gasteiger partial charge in [0.2, 0.25) is 5.95 Å². The number of H-pyrrole nitrogens is 1. The van der Waals surface area contributed by atoms with Crippen molar-refractivity contribution >= 4 is 22.8 Å². The number of nitrogens with one attached hydrogen (secondary N) is 3. The van der Waals surface area contributed by atoms with Gasteiger partial charge in [0, 0.05) is 12.6 Å². The number of rotatable bonds is 3. The van der Waals surface area contributed by atoms with E-state index in [1.165, 1.54) is 0 Å². The van der Waals surface area contributed by atoms with E-state index in [2.05, 4.69) is 49.8 Å². The molecule has 0 amide bonds. The highest BCUT2D eigenvalue weighted by molar-refractivity contribution is 5.87. The molecule has 20 heavy (non-hydrogen) atoms. The quantitative estimate of drug-likeness (QED) is 0.474. The van der Waals surface area contributed by atoms with Crippen LogP contribution in [-0.2, 0) is 0 Å². The second kappa shape index (κ2) is 5.22. The van der Waals surface area contributed by atoms with E-state index < -0.39 is 0 Å². The van der Waals surface area contributed by atoms with Gasteiger partial charge in [-0.15, -0.1) is 0 Å². The maximum absolute atomic E-state index is 5.41. The fraction of sp³-hybridized carbons (Fsp3) is 0.583. The van der Waals surface area contributed by atoms with E-state index in [0.29, 0.717) is 23.6 Å². The summed E-state index contributed by atoms with van der Waals surface area (Å²) in [6, 6.07) is 0.393. The van der Waals surface area contributed by atoms with Gasteiger partial charge >= 0.3 is 0 Å². The maximum Gasteiger partial charge on any atom is 0.241 e. The van der Waals surface area contributed by atoms with Crippen molar-refractivity contribution in [3.63, 3.8) is 0 Å². The van der Waals surface area contributed by atoms with Gasteiger partial charge in [0.1, 0.15) is 5.82 Å². The van der Waals surface area contributed by atoms with E-state index in [9.17, 15) is 0 Å². The van der Waals surface area contributed by atoms with Gasteiger partial charge < -0.3 is 10.2 Å². The van der Waals surface area contributed by atoms with Crippen molar-refractivity contribution in [1.29, 1.82) is 0 Å². The summed E-state index contributed by atoms with van der Waals surface area (Å²) in [5, 5.41) is 11.3. The summed E-state index contributed by atoms with van der Waals surface area (Å²) in [6.45, 7) is 4.42. The number of nitrogen functional groups attached to an aromatic ring is 1. The zero-order chi connectivity index (χ0) is 14.1. The van der Waals surface area contributed by atoms with Crippen LogP contribution < -0.4 is 16.6 Å². The first-order valence-electron chi connectivity index (χ1n) is 6.80. The van der Waals surface area contributed by atoms with Crippen LogP contribution in [0.1, 0.15) is 13.3 Å². The summed E-state index contributed by atoms with van der Waals surface area (Å²) < 4.78 is 0. The Balaban J connectivity index is 1.88. The molecule has 1 aliphatic heterocycles. The molecular weight excluding hydrogens is 256 g/mol. The summed E-state index contributed by atoms with van der Waals surface area (Å²) in [5.41, 5.74) is 3.16. The number of fused-ring (bicyclic) bond motifs is 1. The number of aromatic nitrogens is 4. The Morgan fingerprint density at radius 3 is 3.05 bits per heavy atom. The average molecular weight is 276 g/mol. The van der Waals surface area contributed by atoms with Crippen molar-refractivity contribution in [3.8, 4) is 0 Å². The number of hydrogen-bond donors (Lipinski definition) is 4. The fourth-order valence-electron chi connectivity index (χ4n) is 2.75. The van der Waals surface area contributed by atoms with Gasteiger partial charge in [-0.1, -0.05) is 6.92 Å². The van der Waals surface area contributed by atoms with Crippen LogP contribution in [0.4, 0.5) is 11.8 Å². The van der Waals surface area contributed by atoms with Gasteiger partial charge in [-0.25, -0.2) is 5.84 Å². The molecule has 2 unspecified atom stereocenters. The zero-order valence-corrected chi connectivity index (χ0v) is 11.7. The molecule has 0 aromatic carbocycles. The second-order valence-corrected chi connectivity index (χ2v) is 5.45. The van der Waals surface area contributed by atoms with E-state index in [0.717, 1.165) is 30.7 Å². The summed E-state index contributed by atoms with van der Waals surface area (Å²) in [7, 11) is 2.15. The second-order valence-electron chi connectivity index (χ2n) is 5.45.